The van der Waals surface area contributed by atoms with Crippen LogP contribution >= 0.6 is 11.3 Å². The van der Waals surface area contributed by atoms with Crippen LogP contribution in [0, 0.1) is 5.82 Å². The molecule has 1 aromatic heterocycles. The minimum absolute atomic E-state index is 0.0234. The largest absolute Gasteiger partial charge is 0.454 e. The molecule has 2 aromatic carbocycles. The van der Waals surface area contributed by atoms with E-state index in [0.29, 0.717) is 30.2 Å². The van der Waals surface area contributed by atoms with Crippen LogP contribution in [-0.4, -0.2) is 48.0 Å². The van der Waals surface area contributed by atoms with Crippen LogP contribution in [0.3, 0.4) is 0 Å². The summed E-state index contributed by atoms with van der Waals surface area (Å²) in [6.07, 6.45) is 2.46. The average Bonchev–Trinajstić information content (AvgIpc) is 3.55. The highest BCUT2D eigenvalue weighted by atomic mass is 32.1. The van der Waals surface area contributed by atoms with Gasteiger partial charge in [0, 0.05) is 23.5 Å². The summed E-state index contributed by atoms with van der Waals surface area (Å²) in [4.78, 5) is 31.8. The predicted octanol–water partition coefficient (Wildman–Crippen LogP) is 5.03. The minimum atomic E-state index is -0.312. The van der Waals surface area contributed by atoms with E-state index in [4.69, 9.17) is 9.47 Å². The zero-order valence-electron chi connectivity index (χ0n) is 19.5. The number of carbonyl (C=O) groups excluding carboxylic acids is 2. The van der Waals surface area contributed by atoms with Gasteiger partial charge in [-0.15, -0.1) is 11.3 Å². The van der Waals surface area contributed by atoms with E-state index in [1.165, 1.54) is 17.0 Å². The fourth-order valence-electron chi connectivity index (χ4n) is 4.66. The second-order valence-electron chi connectivity index (χ2n) is 8.74. The van der Waals surface area contributed by atoms with Crippen LogP contribution in [0.5, 0.6) is 11.5 Å². The molecule has 8 heteroatoms. The molecule has 0 saturated carbocycles. The molecule has 0 N–H and O–H groups in total. The number of benzene rings is 2. The molecular formula is C27H27FN2O4S. The Hall–Kier alpha value is -3.39. The summed E-state index contributed by atoms with van der Waals surface area (Å²) < 4.78 is 24.4. The fraction of sp³-hybridized carbons (Fsp3) is 0.333. The maximum Gasteiger partial charge on any atom is 0.254 e. The summed E-state index contributed by atoms with van der Waals surface area (Å²) in [6.45, 7) is 3.20. The standard InChI is InChI=1S/C27H27FN2O4S/c1-2-3-12-29(27(32)19-6-9-22-23(15-19)34-17-33-22)16-25(31)30-13-10-24-21(11-14-35-24)26(30)18-4-7-20(28)8-5-18/h4-9,11,14-15,26H,2-3,10,12-13,16-17H2,1H3/t26-/m1/s1. The SMILES string of the molecule is CCCCN(CC(=O)N1CCc2sccc2[C@H]1c1ccc(F)cc1)C(=O)c1ccc2c(c1)OCO2. The van der Waals surface area contributed by atoms with Crippen molar-refractivity contribution in [2.24, 2.45) is 0 Å². The van der Waals surface area contributed by atoms with Crippen LogP contribution < -0.4 is 9.47 Å². The first-order valence-corrected chi connectivity index (χ1v) is 12.7. The van der Waals surface area contributed by atoms with Crippen molar-refractivity contribution in [3.05, 3.63) is 81.3 Å². The maximum absolute atomic E-state index is 13.7. The Morgan fingerprint density at radius 3 is 2.71 bits per heavy atom. The summed E-state index contributed by atoms with van der Waals surface area (Å²) in [5.74, 6) is 0.501. The number of fused-ring (bicyclic) bond motifs is 2. The number of nitrogens with zero attached hydrogens (tertiary/aromatic N) is 2. The summed E-state index contributed by atoms with van der Waals surface area (Å²) in [6, 6.07) is 13.2. The van der Waals surface area contributed by atoms with Gasteiger partial charge in [0.1, 0.15) is 12.4 Å². The Bertz CT molecular complexity index is 1230. The molecule has 0 bridgehead atoms. The zero-order valence-corrected chi connectivity index (χ0v) is 20.4. The lowest BCUT2D eigenvalue weighted by atomic mass is 9.93. The molecule has 6 nitrogen and oxygen atoms in total. The van der Waals surface area contributed by atoms with Crippen LogP contribution in [0.1, 0.15) is 52.2 Å². The number of carbonyl (C=O) groups is 2. The van der Waals surface area contributed by atoms with Gasteiger partial charge in [-0.1, -0.05) is 25.5 Å². The van der Waals surface area contributed by atoms with Crippen LogP contribution in [-0.2, 0) is 11.2 Å². The molecule has 182 valence electrons. The van der Waals surface area contributed by atoms with Gasteiger partial charge in [0.25, 0.3) is 5.91 Å². The Kier molecular flexibility index (Phi) is 6.72. The topological polar surface area (TPSA) is 59.1 Å². The van der Waals surface area contributed by atoms with Crippen molar-refractivity contribution in [3.8, 4) is 11.5 Å². The van der Waals surface area contributed by atoms with E-state index in [1.54, 1.807) is 46.6 Å². The molecule has 3 aromatic rings. The van der Waals surface area contributed by atoms with Gasteiger partial charge in [0.2, 0.25) is 12.7 Å². The van der Waals surface area contributed by atoms with Crippen LogP contribution in [0.4, 0.5) is 4.39 Å². The molecule has 5 rings (SSSR count). The maximum atomic E-state index is 13.7. The van der Waals surface area contributed by atoms with Gasteiger partial charge in [-0.2, -0.15) is 0 Å². The van der Waals surface area contributed by atoms with Crippen LogP contribution in [0.2, 0.25) is 0 Å². The van der Waals surface area contributed by atoms with Gasteiger partial charge in [0.15, 0.2) is 11.5 Å². The lowest BCUT2D eigenvalue weighted by Crippen LogP contribution is -2.47. The molecule has 0 spiro atoms. The Morgan fingerprint density at radius 2 is 1.91 bits per heavy atom. The molecular weight excluding hydrogens is 467 g/mol. The molecule has 0 radical (unpaired) electrons. The van der Waals surface area contributed by atoms with Crippen molar-refractivity contribution >= 4 is 23.2 Å². The van der Waals surface area contributed by atoms with Crippen molar-refractivity contribution < 1.29 is 23.5 Å². The second kappa shape index (κ2) is 10.1. The van der Waals surface area contributed by atoms with Gasteiger partial charge < -0.3 is 19.3 Å². The van der Waals surface area contributed by atoms with Gasteiger partial charge in [-0.25, -0.2) is 4.39 Å². The second-order valence-corrected chi connectivity index (χ2v) is 9.74. The van der Waals surface area contributed by atoms with E-state index in [9.17, 15) is 14.0 Å². The summed E-state index contributed by atoms with van der Waals surface area (Å²) >= 11 is 1.68. The summed E-state index contributed by atoms with van der Waals surface area (Å²) in [7, 11) is 0. The first-order valence-electron chi connectivity index (χ1n) is 11.8. The highest BCUT2D eigenvalue weighted by Gasteiger charge is 2.34. The molecule has 0 aliphatic carbocycles. The van der Waals surface area contributed by atoms with Gasteiger partial charge in [-0.3, -0.25) is 9.59 Å². The summed E-state index contributed by atoms with van der Waals surface area (Å²) in [5.41, 5.74) is 2.40. The van der Waals surface area contributed by atoms with E-state index in [1.807, 2.05) is 16.3 Å². The van der Waals surface area contributed by atoms with Crippen molar-refractivity contribution in [2.75, 3.05) is 26.4 Å². The van der Waals surface area contributed by atoms with E-state index in [0.717, 1.165) is 30.4 Å². The third kappa shape index (κ3) is 4.75. The average molecular weight is 495 g/mol. The molecule has 2 amide bonds. The highest BCUT2D eigenvalue weighted by Crippen LogP contribution is 2.38. The van der Waals surface area contributed by atoms with Gasteiger partial charge in [-0.05, 0) is 65.7 Å². The molecule has 0 unspecified atom stereocenters. The number of halogens is 1. The lowest BCUT2D eigenvalue weighted by Gasteiger charge is -2.37. The predicted molar refractivity (Wildman–Crippen MR) is 131 cm³/mol. The van der Waals surface area contributed by atoms with E-state index in [2.05, 4.69) is 6.92 Å². The minimum Gasteiger partial charge on any atom is -0.454 e. The van der Waals surface area contributed by atoms with Crippen LogP contribution in [0.25, 0.3) is 0 Å². The molecule has 2 aliphatic heterocycles. The monoisotopic (exact) mass is 494 g/mol. The number of hydrogen-bond acceptors (Lipinski definition) is 5. The Morgan fingerprint density at radius 1 is 1.11 bits per heavy atom. The number of ether oxygens (including phenoxy) is 2. The number of unbranched alkanes of at least 4 members (excludes halogenated alkanes) is 1. The van der Waals surface area contributed by atoms with Gasteiger partial charge >= 0.3 is 0 Å². The van der Waals surface area contributed by atoms with Crippen molar-refractivity contribution in [3.63, 3.8) is 0 Å². The van der Waals surface area contributed by atoms with Crippen molar-refractivity contribution in [2.45, 2.75) is 32.2 Å². The number of rotatable bonds is 7. The smallest absolute Gasteiger partial charge is 0.254 e. The first kappa shape index (κ1) is 23.4. The fourth-order valence-corrected chi connectivity index (χ4v) is 5.56. The van der Waals surface area contributed by atoms with Crippen LogP contribution in [0.15, 0.2) is 53.9 Å². The first-order chi connectivity index (χ1) is 17.0. The molecule has 0 fully saturated rings. The number of amides is 2. The Balaban J connectivity index is 1.40. The summed E-state index contributed by atoms with van der Waals surface area (Å²) in [5, 5.41) is 2.03. The number of thiophene rings is 1. The molecule has 1 atom stereocenters. The van der Waals surface area contributed by atoms with E-state index < -0.39 is 0 Å². The van der Waals surface area contributed by atoms with Crippen molar-refractivity contribution in [1.82, 2.24) is 9.80 Å². The van der Waals surface area contributed by atoms with Gasteiger partial charge in [0.05, 0.1) is 6.04 Å². The molecule has 0 saturated heterocycles. The third-order valence-electron chi connectivity index (χ3n) is 6.49. The zero-order chi connectivity index (χ0) is 24.4. The number of hydrogen-bond donors (Lipinski definition) is 0. The molecule has 3 heterocycles. The third-order valence-corrected chi connectivity index (χ3v) is 7.48. The molecule has 35 heavy (non-hydrogen) atoms. The molecule has 2 aliphatic rings. The van der Waals surface area contributed by atoms with E-state index >= 15 is 0 Å². The lowest BCUT2D eigenvalue weighted by molar-refractivity contribution is -0.134. The Labute approximate surface area is 207 Å². The highest BCUT2D eigenvalue weighted by molar-refractivity contribution is 7.10. The normalized spacial score (nSPS) is 16.2. The quantitative estimate of drug-likeness (QED) is 0.462. The van der Waals surface area contributed by atoms with Crippen molar-refractivity contribution in [1.29, 1.82) is 0 Å². The van der Waals surface area contributed by atoms with E-state index in [-0.39, 0.29) is 37.0 Å².